The number of nitrogens with zero attached hydrogens (tertiary/aromatic N) is 2. The predicted molar refractivity (Wildman–Crippen MR) is 66.9 cm³/mol. The number of carbonyl (C=O) groups excluding carboxylic acids is 1. The Morgan fingerprint density at radius 3 is 2.76 bits per heavy atom. The minimum Gasteiger partial charge on any atom is -0.385 e. The van der Waals surface area contributed by atoms with Crippen LogP contribution in [0.2, 0.25) is 0 Å². The summed E-state index contributed by atoms with van der Waals surface area (Å²) in [6.45, 7) is 6.06. The first-order valence-corrected chi connectivity index (χ1v) is 6.78. The zero-order valence-electron chi connectivity index (χ0n) is 11.0. The third-order valence-electron chi connectivity index (χ3n) is 3.93. The monoisotopic (exact) mass is 240 g/mol. The number of likely N-dealkylation sites (tertiary alicyclic amines) is 2. The van der Waals surface area contributed by atoms with Crippen LogP contribution in [0.25, 0.3) is 0 Å². The molecule has 2 rings (SSSR count). The van der Waals surface area contributed by atoms with E-state index in [0.29, 0.717) is 24.4 Å². The summed E-state index contributed by atoms with van der Waals surface area (Å²) in [5.41, 5.74) is 0. The molecule has 0 N–H and O–H groups in total. The van der Waals surface area contributed by atoms with Gasteiger partial charge in [0, 0.05) is 51.9 Å². The Morgan fingerprint density at radius 2 is 2.18 bits per heavy atom. The molecule has 17 heavy (non-hydrogen) atoms. The maximum absolute atomic E-state index is 11.9. The van der Waals surface area contributed by atoms with Crippen molar-refractivity contribution < 1.29 is 9.53 Å². The lowest BCUT2D eigenvalue weighted by atomic mass is 10.2. The van der Waals surface area contributed by atoms with Gasteiger partial charge < -0.3 is 9.64 Å². The highest BCUT2D eigenvalue weighted by molar-refractivity contribution is 5.77. The Bertz CT molecular complexity index is 270. The molecule has 2 bridgehead atoms. The molecule has 0 spiro atoms. The van der Waals surface area contributed by atoms with Crippen molar-refractivity contribution in [1.82, 2.24) is 9.80 Å². The summed E-state index contributed by atoms with van der Waals surface area (Å²) >= 11 is 0. The van der Waals surface area contributed by atoms with E-state index >= 15 is 0 Å². The maximum Gasteiger partial charge on any atom is 0.222 e. The van der Waals surface area contributed by atoms with Crippen LogP contribution in [0.4, 0.5) is 0 Å². The molecule has 0 radical (unpaired) electrons. The standard InChI is InChI=1S/C13H24N2O2/c1-3-5-13(16)15-10-11-8-12(15)9-14(11)6-4-7-17-2/h11-12H,3-10H2,1-2H3. The lowest BCUT2D eigenvalue weighted by Gasteiger charge is -2.34. The first-order valence-electron chi connectivity index (χ1n) is 6.78. The molecule has 1 amide bonds. The highest BCUT2D eigenvalue weighted by atomic mass is 16.5. The van der Waals surface area contributed by atoms with E-state index in [1.54, 1.807) is 7.11 Å². The summed E-state index contributed by atoms with van der Waals surface area (Å²) in [5, 5.41) is 0. The van der Waals surface area contributed by atoms with Gasteiger partial charge in [-0.1, -0.05) is 6.92 Å². The molecular weight excluding hydrogens is 216 g/mol. The number of rotatable bonds is 6. The average molecular weight is 240 g/mol. The minimum absolute atomic E-state index is 0.358. The van der Waals surface area contributed by atoms with Gasteiger partial charge in [0.25, 0.3) is 0 Å². The molecule has 2 heterocycles. The molecule has 2 atom stereocenters. The Morgan fingerprint density at radius 1 is 1.35 bits per heavy atom. The lowest BCUT2D eigenvalue weighted by molar-refractivity contribution is -0.133. The van der Waals surface area contributed by atoms with Crippen molar-refractivity contribution in [3.05, 3.63) is 0 Å². The van der Waals surface area contributed by atoms with Crippen molar-refractivity contribution in [2.24, 2.45) is 0 Å². The highest BCUT2D eigenvalue weighted by Crippen LogP contribution is 2.31. The van der Waals surface area contributed by atoms with E-state index < -0.39 is 0 Å². The molecule has 0 saturated carbocycles. The van der Waals surface area contributed by atoms with E-state index in [4.69, 9.17) is 4.74 Å². The number of amides is 1. The Balaban J connectivity index is 1.77. The molecular formula is C13H24N2O2. The van der Waals surface area contributed by atoms with Crippen LogP contribution in [0, 0.1) is 0 Å². The molecule has 2 fully saturated rings. The van der Waals surface area contributed by atoms with E-state index in [1.165, 1.54) is 6.42 Å². The van der Waals surface area contributed by atoms with Crippen molar-refractivity contribution in [2.75, 3.05) is 33.4 Å². The quantitative estimate of drug-likeness (QED) is 0.652. The fourth-order valence-electron chi connectivity index (χ4n) is 3.10. The van der Waals surface area contributed by atoms with Gasteiger partial charge in [-0.15, -0.1) is 0 Å². The van der Waals surface area contributed by atoms with Crippen LogP contribution in [0.15, 0.2) is 0 Å². The second-order valence-electron chi connectivity index (χ2n) is 5.18. The van der Waals surface area contributed by atoms with E-state index in [-0.39, 0.29) is 0 Å². The molecule has 0 aliphatic carbocycles. The number of fused-ring (bicyclic) bond motifs is 2. The van der Waals surface area contributed by atoms with Crippen LogP contribution in [-0.4, -0.2) is 61.1 Å². The van der Waals surface area contributed by atoms with Crippen LogP contribution >= 0.6 is 0 Å². The number of ether oxygens (including phenoxy) is 1. The third kappa shape index (κ3) is 2.80. The van der Waals surface area contributed by atoms with Gasteiger partial charge in [-0.05, 0) is 19.3 Å². The number of hydrogen-bond donors (Lipinski definition) is 0. The Hall–Kier alpha value is -0.610. The van der Waals surface area contributed by atoms with Crippen LogP contribution in [0.3, 0.4) is 0 Å². The molecule has 0 aromatic rings. The van der Waals surface area contributed by atoms with Crippen LogP contribution < -0.4 is 0 Å². The molecule has 2 aliphatic heterocycles. The molecule has 2 unspecified atom stereocenters. The van der Waals surface area contributed by atoms with Crippen LogP contribution in [-0.2, 0) is 9.53 Å². The van der Waals surface area contributed by atoms with Gasteiger partial charge in [-0.2, -0.15) is 0 Å². The first-order chi connectivity index (χ1) is 8.26. The zero-order chi connectivity index (χ0) is 12.3. The van der Waals surface area contributed by atoms with Crippen LogP contribution in [0.5, 0.6) is 0 Å². The lowest BCUT2D eigenvalue weighted by Crippen LogP contribution is -2.48. The Labute approximate surface area is 104 Å². The number of hydrogen-bond acceptors (Lipinski definition) is 3. The van der Waals surface area contributed by atoms with Gasteiger partial charge in [0.05, 0.1) is 0 Å². The molecule has 4 heteroatoms. The molecule has 98 valence electrons. The summed E-state index contributed by atoms with van der Waals surface area (Å²) < 4.78 is 5.08. The minimum atomic E-state index is 0.358. The summed E-state index contributed by atoms with van der Waals surface area (Å²) in [7, 11) is 1.75. The smallest absolute Gasteiger partial charge is 0.222 e. The van der Waals surface area contributed by atoms with Gasteiger partial charge in [-0.3, -0.25) is 9.69 Å². The summed E-state index contributed by atoms with van der Waals surface area (Å²) in [5.74, 6) is 0.358. The van der Waals surface area contributed by atoms with E-state index in [1.807, 2.05) is 0 Å². The van der Waals surface area contributed by atoms with Crippen molar-refractivity contribution in [1.29, 1.82) is 0 Å². The average Bonchev–Trinajstić information content (AvgIpc) is 2.89. The molecule has 2 aliphatic rings. The topological polar surface area (TPSA) is 32.8 Å². The SMILES string of the molecule is CCCC(=O)N1CC2CC1CN2CCCOC. The molecule has 0 aromatic carbocycles. The van der Waals surface area contributed by atoms with E-state index in [9.17, 15) is 4.79 Å². The second kappa shape index (κ2) is 5.83. The Kier molecular flexibility index (Phi) is 4.40. The van der Waals surface area contributed by atoms with Gasteiger partial charge in [0.15, 0.2) is 0 Å². The normalized spacial score (nSPS) is 28.0. The summed E-state index contributed by atoms with van der Waals surface area (Å²) in [4.78, 5) is 16.5. The molecule has 4 nitrogen and oxygen atoms in total. The van der Waals surface area contributed by atoms with Crippen molar-refractivity contribution in [3.8, 4) is 0 Å². The number of methoxy groups -OCH3 is 1. The van der Waals surface area contributed by atoms with Crippen molar-refractivity contribution in [3.63, 3.8) is 0 Å². The van der Waals surface area contributed by atoms with Gasteiger partial charge >= 0.3 is 0 Å². The first kappa shape index (κ1) is 12.8. The maximum atomic E-state index is 11.9. The number of carbonyl (C=O) groups is 1. The van der Waals surface area contributed by atoms with E-state index in [0.717, 1.165) is 39.1 Å². The molecule has 2 saturated heterocycles. The highest BCUT2D eigenvalue weighted by Gasteiger charge is 2.44. The summed E-state index contributed by atoms with van der Waals surface area (Å²) in [6, 6.07) is 1.10. The number of piperazine rings is 1. The van der Waals surface area contributed by atoms with Gasteiger partial charge in [0.1, 0.15) is 0 Å². The molecule has 0 aromatic heterocycles. The second-order valence-corrected chi connectivity index (χ2v) is 5.18. The zero-order valence-corrected chi connectivity index (χ0v) is 11.0. The van der Waals surface area contributed by atoms with Crippen LogP contribution in [0.1, 0.15) is 32.6 Å². The van der Waals surface area contributed by atoms with E-state index in [2.05, 4.69) is 16.7 Å². The summed E-state index contributed by atoms with van der Waals surface area (Å²) in [6.07, 6.45) is 3.96. The van der Waals surface area contributed by atoms with Gasteiger partial charge in [0.2, 0.25) is 5.91 Å². The fourth-order valence-corrected chi connectivity index (χ4v) is 3.10. The van der Waals surface area contributed by atoms with Gasteiger partial charge in [-0.25, -0.2) is 0 Å². The third-order valence-corrected chi connectivity index (χ3v) is 3.93. The van der Waals surface area contributed by atoms with Crippen molar-refractivity contribution in [2.45, 2.75) is 44.7 Å². The fraction of sp³-hybridized carbons (Fsp3) is 0.923. The van der Waals surface area contributed by atoms with Crippen molar-refractivity contribution >= 4 is 5.91 Å². The predicted octanol–water partition coefficient (Wildman–Crippen LogP) is 1.11. The largest absolute Gasteiger partial charge is 0.385 e.